The Hall–Kier alpha value is -1.30. The zero-order chi connectivity index (χ0) is 14.9. The minimum atomic E-state index is -0.851. The van der Waals surface area contributed by atoms with Crippen LogP contribution < -0.4 is 5.32 Å². The molecule has 1 heterocycles. The molecule has 0 aromatic rings. The molecule has 0 aromatic carbocycles. The van der Waals surface area contributed by atoms with Crippen molar-refractivity contribution in [1.82, 2.24) is 10.2 Å². The fourth-order valence-electron chi connectivity index (χ4n) is 2.45. The fourth-order valence-corrected chi connectivity index (χ4v) is 2.45. The quantitative estimate of drug-likeness (QED) is 0.820. The molecule has 20 heavy (non-hydrogen) atoms. The molecule has 0 unspecified atom stereocenters. The highest BCUT2D eigenvalue weighted by Crippen LogP contribution is 2.25. The summed E-state index contributed by atoms with van der Waals surface area (Å²) in [7, 11) is 0. The van der Waals surface area contributed by atoms with Gasteiger partial charge in [-0.1, -0.05) is 0 Å². The molecular weight excluding hydrogens is 260 g/mol. The molecule has 6 heteroatoms. The third-order valence-electron chi connectivity index (χ3n) is 3.61. The van der Waals surface area contributed by atoms with Gasteiger partial charge in [0.25, 0.3) is 0 Å². The first-order valence-electron chi connectivity index (χ1n) is 7.23. The molecule has 2 N–H and O–H groups in total. The maximum Gasteiger partial charge on any atom is 0.410 e. The molecule has 2 atom stereocenters. The lowest BCUT2D eigenvalue weighted by molar-refractivity contribution is -0.144. The molecule has 2 fully saturated rings. The number of carboxylic acid groups (broad SMARTS) is 1. The molecule has 0 bridgehead atoms. The van der Waals surface area contributed by atoms with Crippen molar-refractivity contribution in [3.63, 3.8) is 0 Å². The number of aliphatic carboxylic acids is 1. The number of hydrogen-bond donors (Lipinski definition) is 2. The average molecular weight is 284 g/mol. The maximum atomic E-state index is 12.0. The lowest BCUT2D eigenvalue weighted by Crippen LogP contribution is -2.54. The third-order valence-corrected chi connectivity index (χ3v) is 3.61. The zero-order valence-corrected chi connectivity index (χ0v) is 12.4. The molecule has 2 rings (SSSR count). The van der Waals surface area contributed by atoms with Crippen LogP contribution in [0.2, 0.25) is 0 Å². The van der Waals surface area contributed by atoms with E-state index in [4.69, 9.17) is 4.74 Å². The van der Waals surface area contributed by atoms with E-state index < -0.39 is 23.6 Å². The van der Waals surface area contributed by atoms with Gasteiger partial charge < -0.3 is 20.1 Å². The van der Waals surface area contributed by atoms with E-state index in [1.807, 2.05) is 0 Å². The number of piperidine rings is 1. The molecule has 1 saturated heterocycles. The molecule has 2 aliphatic rings. The van der Waals surface area contributed by atoms with E-state index in [1.54, 1.807) is 20.8 Å². The van der Waals surface area contributed by atoms with E-state index >= 15 is 0 Å². The first-order valence-corrected chi connectivity index (χ1v) is 7.23. The van der Waals surface area contributed by atoms with Crippen molar-refractivity contribution in [3.05, 3.63) is 0 Å². The molecule has 0 aromatic heterocycles. The largest absolute Gasteiger partial charge is 0.481 e. The number of carbonyl (C=O) groups is 2. The molecule has 1 saturated carbocycles. The Balaban J connectivity index is 1.94. The smallest absolute Gasteiger partial charge is 0.410 e. The lowest BCUT2D eigenvalue weighted by Gasteiger charge is -2.37. The molecular formula is C14H24N2O4. The van der Waals surface area contributed by atoms with Gasteiger partial charge in [-0.3, -0.25) is 4.79 Å². The molecule has 0 radical (unpaired) electrons. The molecule has 6 nitrogen and oxygen atoms in total. The second-order valence-corrected chi connectivity index (χ2v) is 6.71. The van der Waals surface area contributed by atoms with Gasteiger partial charge in [-0.15, -0.1) is 0 Å². The van der Waals surface area contributed by atoms with Crippen LogP contribution in [0.15, 0.2) is 0 Å². The van der Waals surface area contributed by atoms with Gasteiger partial charge in [0.2, 0.25) is 0 Å². The number of nitrogens with one attached hydrogen (secondary N) is 1. The SMILES string of the molecule is CC(C)(C)OC(=O)N1CC[C@@H](NC2CC2)[C@@H](C(=O)O)C1. The van der Waals surface area contributed by atoms with Crippen LogP contribution in [0.1, 0.15) is 40.0 Å². The third kappa shape index (κ3) is 4.10. The van der Waals surface area contributed by atoms with E-state index in [0.29, 0.717) is 19.0 Å². The van der Waals surface area contributed by atoms with E-state index in [2.05, 4.69) is 5.32 Å². The lowest BCUT2D eigenvalue weighted by atomic mass is 9.92. The van der Waals surface area contributed by atoms with Crippen LogP contribution in [0, 0.1) is 5.92 Å². The number of nitrogens with zero attached hydrogens (tertiary/aromatic N) is 1. The number of hydrogen-bond acceptors (Lipinski definition) is 4. The van der Waals surface area contributed by atoms with Crippen molar-refractivity contribution in [2.24, 2.45) is 5.92 Å². The van der Waals surface area contributed by atoms with Gasteiger partial charge in [0.15, 0.2) is 0 Å². The van der Waals surface area contributed by atoms with Crippen LogP contribution in [0.5, 0.6) is 0 Å². The summed E-state index contributed by atoms with van der Waals surface area (Å²) < 4.78 is 5.31. The normalized spacial score (nSPS) is 27.2. The summed E-state index contributed by atoms with van der Waals surface area (Å²) >= 11 is 0. The molecule has 1 aliphatic carbocycles. The highest BCUT2D eigenvalue weighted by molar-refractivity contribution is 5.74. The monoisotopic (exact) mass is 284 g/mol. The summed E-state index contributed by atoms with van der Waals surface area (Å²) in [5, 5.41) is 12.7. The second-order valence-electron chi connectivity index (χ2n) is 6.71. The van der Waals surface area contributed by atoms with Gasteiger partial charge >= 0.3 is 12.1 Å². The Kier molecular flexibility index (Phi) is 4.22. The number of ether oxygens (including phenoxy) is 1. The van der Waals surface area contributed by atoms with E-state index in [9.17, 15) is 14.7 Å². The summed E-state index contributed by atoms with van der Waals surface area (Å²) in [6.45, 7) is 6.18. The van der Waals surface area contributed by atoms with Crippen LogP contribution in [0.25, 0.3) is 0 Å². The van der Waals surface area contributed by atoms with Gasteiger partial charge in [0, 0.05) is 25.2 Å². The average Bonchev–Trinajstić information content (AvgIpc) is 3.10. The summed E-state index contributed by atoms with van der Waals surface area (Å²) in [6, 6.07) is 0.425. The van der Waals surface area contributed by atoms with Crippen LogP contribution in [0.3, 0.4) is 0 Å². The minimum Gasteiger partial charge on any atom is -0.481 e. The van der Waals surface area contributed by atoms with Crippen molar-refractivity contribution in [3.8, 4) is 0 Å². The van der Waals surface area contributed by atoms with E-state index in [0.717, 1.165) is 12.8 Å². The Bertz CT molecular complexity index is 387. The van der Waals surface area contributed by atoms with Gasteiger partial charge in [-0.25, -0.2) is 4.79 Å². The summed E-state index contributed by atoms with van der Waals surface area (Å²) in [5.74, 6) is -1.41. The first-order chi connectivity index (χ1) is 9.26. The van der Waals surface area contributed by atoms with Gasteiger partial charge in [-0.2, -0.15) is 0 Å². The predicted molar refractivity (Wildman–Crippen MR) is 73.5 cm³/mol. The summed E-state index contributed by atoms with van der Waals surface area (Å²) in [5.41, 5.74) is -0.557. The van der Waals surface area contributed by atoms with E-state index in [-0.39, 0.29) is 12.6 Å². The van der Waals surface area contributed by atoms with Crippen molar-refractivity contribution < 1.29 is 19.4 Å². The Morgan fingerprint density at radius 2 is 1.90 bits per heavy atom. The van der Waals surface area contributed by atoms with Crippen LogP contribution in [0.4, 0.5) is 4.79 Å². The van der Waals surface area contributed by atoms with Crippen molar-refractivity contribution in [1.29, 1.82) is 0 Å². The molecule has 114 valence electrons. The summed E-state index contributed by atoms with van der Waals surface area (Å²) in [6.07, 6.45) is 2.48. The van der Waals surface area contributed by atoms with Gasteiger partial charge in [0.1, 0.15) is 5.60 Å². The zero-order valence-electron chi connectivity index (χ0n) is 12.4. The Morgan fingerprint density at radius 3 is 2.40 bits per heavy atom. The number of carbonyl (C=O) groups excluding carboxylic acids is 1. The number of carboxylic acids is 1. The van der Waals surface area contributed by atoms with Crippen molar-refractivity contribution >= 4 is 12.1 Å². The maximum absolute atomic E-state index is 12.0. The summed E-state index contributed by atoms with van der Waals surface area (Å²) in [4.78, 5) is 24.9. The Labute approximate surface area is 119 Å². The number of amides is 1. The number of rotatable bonds is 3. The first kappa shape index (κ1) is 15.1. The van der Waals surface area contributed by atoms with Crippen LogP contribution in [-0.4, -0.2) is 52.8 Å². The number of likely N-dealkylation sites (tertiary alicyclic amines) is 1. The Morgan fingerprint density at radius 1 is 1.25 bits per heavy atom. The van der Waals surface area contributed by atoms with Gasteiger partial charge in [0.05, 0.1) is 5.92 Å². The van der Waals surface area contributed by atoms with Crippen LogP contribution >= 0.6 is 0 Å². The van der Waals surface area contributed by atoms with Gasteiger partial charge in [-0.05, 0) is 40.0 Å². The molecule has 0 spiro atoms. The standard InChI is InChI=1S/C14H24N2O4/c1-14(2,3)20-13(19)16-7-6-11(15-9-4-5-9)10(8-16)12(17)18/h9-11,15H,4-8H2,1-3H3,(H,17,18)/t10-,11+/m0/s1. The second kappa shape index (κ2) is 5.60. The fraction of sp³-hybridized carbons (Fsp3) is 0.857. The highest BCUT2D eigenvalue weighted by Gasteiger charge is 2.39. The predicted octanol–water partition coefficient (Wildman–Crippen LogP) is 1.45. The molecule has 1 amide bonds. The molecule has 1 aliphatic heterocycles. The van der Waals surface area contributed by atoms with Crippen molar-refractivity contribution in [2.45, 2.75) is 57.7 Å². The van der Waals surface area contributed by atoms with Crippen molar-refractivity contribution in [2.75, 3.05) is 13.1 Å². The van der Waals surface area contributed by atoms with E-state index in [1.165, 1.54) is 4.90 Å². The topological polar surface area (TPSA) is 78.9 Å². The van der Waals surface area contributed by atoms with Crippen LogP contribution in [-0.2, 0) is 9.53 Å². The highest BCUT2D eigenvalue weighted by atomic mass is 16.6. The minimum absolute atomic E-state index is 0.0429.